The number of H-pyrrole nitrogens is 1. The van der Waals surface area contributed by atoms with Crippen LogP contribution in [-0.4, -0.2) is 64.7 Å². The molecule has 1 aromatic heterocycles. The third-order valence-electron chi connectivity index (χ3n) is 5.17. The number of imidazole rings is 1. The number of carbonyl (C=O) groups is 1. The van der Waals surface area contributed by atoms with Crippen LogP contribution in [0.3, 0.4) is 0 Å². The number of rotatable bonds is 7. The summed E-state index contributed by atoms with van der Waals surface area (Å²) >= 11 is 1.69. The van der Waals surface area contributed by atoms with Gasteiger partial charge >= 0.3 is 0 Å². The van der Waals surface area contributed by atoms with E-state index in [1.54, 1.807) is 18.9 Å². The minimum absolute atomic E-state index is 0.237. The number of aromatic amines is 1. The molecule has 3 aromatic rings. The molecule has 29 heavy (non-hydrogen) atoms. The van der Waals surface area contributed by atoms with Crippen molar-refractivity contribution in [3.63, 3.8) is 0 Å². The molecule has 6 nitrogen and oxygen atoms in total. The van der Waals surface area contributed by atoms with Crippen molar-refractivity contribution < 1.29 is 9.53 Å². The molecule has 7 heteroatoms. The van der Waals surface area contributed by atoms with E-state index in [1.807, 2.05) is 41.3 Å². The van der Waals surface area contributed by atoms with Gasteiger partial charge < -0.3 is 14.6 Å². The Kier molecular flexibility index (Phi) is 6.36. The van der Waals surface area contributed by atoms with Gasteiger partial charge in [0.15, 0.2) is 0 Å². The Labute approximate surface area is 175 Å². The van der Waals surface area contributed by atoms with Crippen LogP contribution in [0.4, 0.5) is 0 Å². The van der Waals surface area contributed by atoms with Gasteiger partial charge in [0, 0.05) is 38.0 Å². The molecule has 0 unspecified atom stereocenters. The van der Waals surface area contributed by atoms with E-state index >= 15 is 0 Å². The summed E-state index contributed by atoms with van der Waals surface area (Å²) in [7, 11) is 1.67. The summed E-state index contributed by atoms with van der Waals surface area (Å²) in [4.78, 5) is 24.9. The fourth-order valence-electron chi connectivity index (χ4n) is 3.53. The summed E-state index contributed by atoms with van der Waals surface area (Å²) in [6, 6.07) is 16.2. The van der Waals surface area contributed by atoms with Crippen LogP contribution in [0.1, 0.15) is 11.4 Å². The first-order chi connectivity index (χ1) is 14.2. The standard InChI is InChI=1S/C22H26N4O2S/c1-28-18-7-8-19-20(13-18)24-21(23-19)14-25-9-11-26(12-10-25)22(27)16-29-15-17-5-3-2-4-6-17/h2-8,13H,9-12,14-16H2,1H3,(H,23,24). The van der Waals surface area contributed by atoms with Crippen molar-refractivity contribution in [2.75, 3.05) is 39.0 Å². The zero-order valence-corrected chi connectivity index (χ0v) is 17.5. The Morgan fingerprint density at radius 2 is 1.93 bits per heavy atom. The van der Waals surface area contributed by atoms with Gasteiger partial charge in [0.1, 0.15) is 11.6 Å². The van der Waals surface area contributed by atoms with Crippen molar-refractivity contribution in [1.82, 2.24) is 19.8 Å². The third-order valence-corrected chi connectivity index (χ3v) is 6.16. The number of hydrogen-bond donors (Lipinski definition) is 1. The molecule has 1 aliphatic heterocycles. The highest BCUT2D eigenvalue weighted by Crippen LogP contribution is 2.20. The second-order valence-electron chi connectivity index (χ2n) is 7.20. The molecule has 1 amide bonds. The topological polar surface area (TPSA) is 61.5 Å². The number of aromatic nitrogens is 2. The van der Waals surface area contributed by atoms with E-state index < -0.39 is 0 Å². The quantitative estimate of drug-likeness (QED) is 0.648. The normalized spacial score (nSPS) is 15.0. The highest BCUT2D eigenvalue weighted by molar-refractivity contribution is 7.99. The number of hydrogen-bond acceptors (Lipinski definition) is 5. The highest BCUT2D eigenvalue weighted by Gasteiger charge is 2.21. The van der Waals surface area contributed by atoms with E-state index in [9.17, 15) is 4.79 Å². The number of nitrogens with one attached hydrogen (secondary N) is 1. The van der Waals surface area contributed by atoms with Gasteiger partial charge in [-0.25, -0.2) is 4.98 Å². The smallest absolute Gasteiger partial charge is 0.232 e. The van der Waals surface area contributed by atoms with Crippen LogP contribution in [0.15, 0.2) is 48.5 Å². The van der Waals surface area contributed by atoms with E-state index in [4.69, 9.17) is 4.74 Å². The molecule has 1 fully saturated rings. The zero-order valence-electron chi connectivity index (χ0n) is 16.6. The second-order valence-corrected chi connectivity index (χ2v) is 8.19. The Morgan fingerprint density at radius 3 is 2.69 bits per heavy atom. The molecule has 0 atom stereocenters. The summed E-state index contributed by atoms with van der Waals surface area (Å²) in [6.07, 6.45) is 0. The molecule has 2 heterocycles. The molecular formula is C22H26N4O2S. The average molecular weight is 411 g/mol. The maximum atomic E-state index is 12.5. The van der Waals surface area contributed by atoms with Gasteiger partial charge in [-0.05, 0) is 17.7 Å². The van der Waals surface area contributed by atoms with Crippen molar-refractivity contribution in [2.24, 2.45) is 0 Å². The minimum Gasteiger partial charge on any atom is -0.497 e. The van der Waals surface area contributed by atoms with Crippen LogP contribution in [0.25, 0.3) is 11.0 Å². The molecule has 2 aromatic carbocycles. The van der Waals surface area contributed by atoms with E-state index in [-0.39, 0.29) is 5.91 Å². The lowest BCUT2D eigenvalue weighted by Gasteiger charge is -2.34. The van der Waals surface area contributed by atoms with E-state index in [0.717, 1.165) is 61.1 Å². The molecule has 4 rings (SSSR count). The predicted octanol–water partition coefficient (Wildman–Crippen LogP) is 3.15. The third kappa shape index (κ3) is 5.10. The fraction of sp³-hybridized carbons (Fsp3) is 0.364. The van der Waals surface area contributed by atoms with E-state index in [1.165, 1.54) is 5.56 Å². The number of carbonyl (C=O) groups excluding carboxylic acids is 1. The van der Waals surface area contributed by atoms with Crippen molar-refractivity contribution in [3.05, 3.63) is 59.9 Å². The molecule has 0 radical (unpaired) electrons. The summed E-state index contributed by atoms with van der Waals surface area (Å²) in [5.41, 5.74) is 3.20. The molecule has 152 valence electrons. The molecule has 1 saturated heterocycles. The number of amides is 1. The Hall–Kier alpha value is -2.51. The maximum Gasteiger partial charge on any atom is 0.232 e. The van der Waals surface area contributed by atoms with Gasteiger partial charge in [-0.2, -0.15) is 0 Å². The second kappa shape index (κ2) is 9.33. The van der Waals surface area contributed by atoms with Gasteiger partial charge in [-0.15, -0.1) is 11.8 Å². The van der Waals surface area contributed by atoms with Crippen molar-refractivity contribution in [1.29, 1.82) is 0 Å². The van der Waals surface area contributed by atoms with E-state index in [2.05, 4.69) is 27.0 Å². The molecule has 1 aliphatic rings. The number of piperazine rings is 1. The van der Waals surface area contributed by atoms with E-state index in [0.29, 0.717) is 5.75 Å². The molecule has 0 spiro atoms. The van der Waals surface area contributed by atoms with Gasteiger partial charge in [-0.1, -0.05) is 30.3 Å². The molecule has 1 N–H and O–H groups in total. The number of ether oxygens (including phenoxy) is 1. The van der Waals surface area contributed by atoms with Crippen molar-refractivity contribution in [3.8, 4) is 5.75 Å². The van der Waals surface area contributed by atoms with Crippen LogP contribution in [0, 0.1) is 0 Å². The number of benzene rings is 2. The lowest BCUT2D eigenvalue weighted by Crippen LogP contribution is -2.48. The first kappa shape index (κ1) is 19.8. The summed E-state index contributed by atoms with van der Waals surface area (Å²) < 4.78 is 5.27. The molecule has 0 aliphatic carbocycles. The number of nitrogens with zero attached hydrogens (tertiary/aromatic N) is 3. The summed E-state index contributed by atoms with van der Waals surface area (Å²) in [5, 5.41) is 0. The highest BCUT2D eigenvalue weighted by atomic mass is 32.2. The monoisotopic (exact) mass is 410 g/mol. The van der Waals surface area contributed by atoms with Gasteiger partial charge in [-0.3, -0.25) is 9.69 Å². The van der Waals surface area contributed by atoms with Gasteiger partial charge in [0.2, 0.25) is 5.91 Å². The number of thioether (sulfide) groups is 1. The predicted molar refractivity (Wildman–Crippen MR) is 117 cm³/mol. The SMILES string of the molecule is COc1ccc2nc(CN3CCN(C(=O)CSCc4ccccc4)CC3)[nH]c2c1. The summed E-state index contributed by atoms with van der Waals surface area (Å²) in [5.74, 6) is 3.43. The number of methoxy groups -OCH3 is 1. The maximum absolute atomic E-state index is 12.5. The van der Waals surface area contributed by atoms with Crippen LogP contribution in [-0.2, 0) is 17.1 Å². The van der Waals surface area contributed by atoms with Crippen LogP contribution < -0.4 is 4.74 Å². The minimum atomic E-state index is 0.237. The Balaban J connectivity index is 1.23. The van der Waals surface area contributed by atoms with Gasteiger partial charge in [0.25, 0.3) is 0 Å². The fourth-order valence-corrected chi connectivity index (χ4v) is 4.42. The zero-order chi connectivity index (χ0) is 20.1. The molecule has 0 saturated carbocycles. The lowest BCUT2D eigenvalue weighted by molar-refractivity contribution is -0.130. The van der Waals surface area contributed by atoms with Gasteiger partial charge in [0.05, 0.1) is 30.4 Å². The lowest BCUT2D eigenvalue weighted by atomic mass is 10.2. The Morgan fingerprint density at radius 1 is 1.14 bits per heavy atom. The van der Waals surface area contributed by atoms with Crippen LogP contribution in [0.5, 0.6) is 5.75 Å². The van der Waals surface area contributed by atoms with Crippen LogP contribution in [0.2, 0.25) is 0 Å². The summed E-state index contributed by atoms with van der Waals surface area (Å²) in [6.45, 7) is 4.06. The van der Waals surface area contributed by atoms with Crippen LogP contribution >= 0.6 is 11.8 Å². The molecule has 0 bridgehead atoms. The van der Waals surface area contributed by atoms with Crippen molar-refractivity contribution in [2.45, 2.75) is 12.3 Å². The first-order valence-corrected chi connectivity index (χ1v) is 11.0. The van der Waals surface area contributed by atoms with Crippen molar-refractivity contribution >= 4 is 28.7 Å². The average Bonchev–Trinajstić information content (AvgIpc) is 3.16. The number of fused-ring (bicyclic) bond motifs is 1. The molecular weight excluding hydrogens is 384 g/mol. The first-order valence-electron chi connectivity index (χ1n) is 9.86. The largest absolute Gasteiger partial charge is 0.497 e. The Bertz CT molecular complexity index is 952.